The second-order valence-corrected chi connectivity index (χ2v) is 3.41. The minimum atomic E-state index is 0.351. The molecule has 0 amide bonds. The first-order valence-electron chi connectivity index (χ1n) is 6.02. The molecule has 0 saturated carbocycles. The number of aliphatic hydroxyl groups is 1. The van der Waals surface area contributed by atoms with Crippen molar-refractivity contribution in [2.45, 2.75) is 64.7 Å². The standard InChI is InChI=1S/C11H24O/c1-2-3-4-5-6-7-8-9-10-11-12/h12H,2-11H2,1H3/i1D. The van der Waals surface area contributed by atoms with Crippen LogP contribution in [0.15, 0.2) is 0 Å². The maximum Gasteiger partial charge on any atom is 0.0431 e. The van der Waals surface area contributed by atoms with Crippen LogP contribution in [0, 0.1) is 0 Å². The van der Waals surface area contributed by atoms with Crippen LogP contribution in [0.4, 0.5) is 0 Å². The van der Waals surface area contributed by atoms with E-state index in [1.165, 1.54) is 44.9 Å². The molecule has 0 aliphatic rings. The summed E-state index contributed by atoms with van der Waals surface area (Å²) >= 11 is 0. The van der Waals surface area contributed by atoms with Crippen LogP contribution in [0.1, 0.15) is 66.1 Å². The summed E-state index contributed by atoms with van der Waals surface area (Å²) in [7, 11) is 0. The van der Waals surface area contributed by atoms with Crippen LogP contribution in [-0.4, -0.2) is 11.7 Å². The Morgan fingerprint density at radius 3 is 1.83 bits per heavy atom. The van der Waals surface area contributed by atoms with E-state index in [0.717, 1.165) is 12.8 Å². The van der Waals surface area contributed by atoms with Crippen LogP contribution in [0.3, 0.4) is 0 Å². The molecule has 0 radical (unpaired) electrons. The first-order chi connectivity index (χ1) is 6.41. The van der Waals surface area contributed by atoms with Gasteiger partial charge in [0, 0.05) is 7.98 Å². The second kappa shape index (κ2) is 11.0. The average molecular weight is 173 g/mol. The molecule has 0 aromatic rings. The van der Waals surface area contributed by atoms with Crippen molar-refractivity contribution in [3.05, 3.63) is 0 Å². The SMILES string of the molecule is [2H]CCCCCCCCCCCO. The zero-order valence-electron chi connectivity index (χ0n) is 9.23. The summed E-state index contributed by atoms with van der Waals surface area (Å²) in [6, 6.07) is 0. The monoisotopic (exact) mass is 173 g/mol. The van der Waals surface area contributed by atoms with Crippen molar-refractivity contribution in [2.24, 2.45) is 0 Å². The van der Waals surface area contributed by atoms with E-state index in [2.05, 4.69) is 0 Å². The van der Waals surface area contributed by atoms with E-state index in [1.54, 1.807) is 0 Å². The third-order valence-corrected chi connectivity index (χ3v) is 2.16. The molecule has 0 heterocycles. The van der Waals surface area contributed by atoms with Gasteiger partial charge in [0.1, 0.15) is 0 Å². The zero-order chi connectivity index (χ0) is 9.78. The normalized spacial score (nSPS) is 11.6. The Labute approximate surface area is 78.6 Å². The highest BCUT2D eigenvalue weighted by molar-refractivity contribution is 4.45. The van der Waals surface area contributed by atoms with Gasteiger partial charge in [0.25, 0.3) is 0 Å². The van der Waals surface area contributed by atoms with Crippen molar-refractivity contribution < 1.29 is 6.48 Å². The highest BCUT2D eigenvalue weighted by Crippen LogP contribution is 2.08. The van der Waals surface area contributed by atoms with Gasteiger partial charge >= 0.3 is 0 Å². The molecule has 0 fully saturated rings. The van der Waals surface area contributed by atoms with E-state index in [1.807, 2.05) is 0 Å². The quantitative estimate of drug-likeness (QED) is 0.529. The van der Waals surface area contributed by atoms with Crippen molar-refractivity contribution in [2.75, 3.05) is 6.61 Å². The van der Waals surface area contributed by atoms with Gasteiger partial charge in [-0.3, -0.25) is 0 Å². The predicted molar refractivity (Wildman–Crippen MR) is 54.3 cm³/mol. The molecular formula is C11H24O. The molecule has 0 spiro atoms. The van der Waals surface area contributed by atoms with Gasteiger partial charge in [0.15, 0.2) is 0 Å². The van der Waals surface area contributed by atoms with Crippen LogP contribution in [0.2, 0.25) is 0 Å². The Balaban J connectivity index is 2.76. The summed E-state index contributed by atoms with van der Waals surface area (Å²) in [5.41, 5.74) is 0. The first kappa shape index (κ1) is 10.0. The molecule has 0 aliphatic heterocycles. The smallest absolute Gasteiger partial charge is 0.0431 e. The number of hydrogen-bond donors (Lipinski definition) is 1. The highest BCUT2D eigenvalue weighted by Gasteiger charge is 1.90. The summed E-state index contributed by atoms with van der Waals surface area (Å²) in [6.45, 7) is 0.944. The number of aliphatic hydroxyl groups excluding tert-OH is 1. The zero-order valence-corrected chi connectivity index (χ0v) is 8.23. The largest absolute Gasteiger partial charge is 0.396 e. The van der Waals surface area contributed by atoms with E-state index in [0.29, 0.717) is 13.5 Å². The van der Waals surface area contributed by atoms with Crippen LogP contribution in [0.25, 0.3) is 0 Å². The van der Waals surface area contributed by atoms with Gasteiger partial charge in [0.05, 0.1) is 0 Å². The third-order valence-electron chi connectivity index (χ3n) is 2.16. The lowest BCUT2D eigenvalue weighted by Crippen LogP contribution is -1.84. The summed E-state index contributed by atoms with van der Waals surface area (Å²) in [4.78, 5) is 0. The van der Waals surface area contributed by atoms with Gasteiger partial charge < -0.3 is 5.11 Å². The number of rotatable bonds is 9. The molecule has 1 nitrogen and oxygen atoms in total. The number of unbranched alkanes of at least 4 members (excludes halogenated alkanes) is 8. The van der Waals surface area contributed by atoms with Crippen LogP contribution >= 0.6 is 0 Å². The Morgan fingerprint density at radius 2 is 1.33 bits per heavy atom. The van der Waals surface area contributed by atoms with Crippen LogP contribution in [0.5, 0.6) is 0 Å². The van der Waals surface area contributed by atoms with Crippen molar-refractivity contribution in [1.82, 2.24) is 0 Å². The fourth-order valence-electron chi connectivity index (χ4n) is 1.35. The molecule has 1 heteroatoms. The molecule has 0 aromatic carbocycles. The van der Waals surface area contributed by atoms with E-state index < -0.39 is 0 Å². The Hall–Kier alpha value is -0.0400. The van der Waals surface area contributed by atoms with E-state index in [4.69, 9.17) is 6.48 Å². The predicted octanol–water partition coefficient (Wildman–Crippen LogP) is 3.51. The summed E-state index contributed by atoms with van der Waals surface area (Å²) in [5, 5.41) is 8.55. The van der Waals surface area contributed by atoms with E-state index >= 15 is 0 Å². The molecule has 0 unspecified atom stereocenters. The molecule has 0 rings (SSSR count). The molecule has 0 aliphatic carbocycles. The van der Waals surface area contributed by atoms with Crippen LogP contribution in [-0.2, 0) is 0 Å². The summed E-state index contributed by atoms with van der Waals surface area (Å²) in [5.74, 6) is 0. The molecule has 0 bridgehead atoms. The van der Waals surface area contributed by atoms with E-state index in [9.17, 15) is 0 Å². The first-order valence-corrected chi connectivity index (χ1v) is 5.32. The van der Waals surface area contributed by atoms with Crippen molar-refractivity contribution in [3.8, 4) is 0 Å². The highest BCUT2D eigenvalue weighted by atomic mass is 16.2. The molecule has 74 valence electrons. The molecule has 0 saturated heterocycles. The Bertz CT molecular complexity index is 76.2. The van der Waals surface area contributed by atoms with Crippen LogP contribution < -0.4 is 0 Å². The lowest BCUT2D eigenvalue weighted by molar-refractivity contribution is 0.282. The molecule has 0 aromatic heterocycles. The Morgan fingerprint density at radius 1 is 0.833 bits per heavy atom. The van der Waals surface area contributed by atoms with E-state index in [-0.39, 0.29) is 0 Å². The van der Waals surface area contributed by atoms with Gasteiger partial charge in [0.2, 0.25) is 0 Å². The molecular weight excluding hydrogens is 148 g/mol. The maximum absolute atomic E-state index is 8.55. The minimum Gasteiger partial charge on any atom is -0.396 e. The fraction of sp³-hybridized carbons (Fsp3) is 1.00. The second-order valence-electron chi connectivity index (χ2n) is 3.41. The lowest BCUT2D eigenvalue weighted by atomic mass is 10.1. The number of hydrogen-bond acceptors (Lipinski definition) is 1. The van der Waals surface area contributed by atoms with Gasteiger partial charge in [-0.15, -0.1) is 0 Å². The topological polar surface area (TPSA) is 20.2 Å². The van der Waals surface area contributed by atoms with Gasteiger partial charge in [-0.2, -0.15) is 0 Å². The van der Waals surface area contributed by atoms with Crippen molar-refractivity contribution in [3.63, 3.8) is 0 Å². The van der Waals surface area contributed by atoms with Crippen molar-refractivity contribution >= 4 is 0 Å². The summed E-state index contributed by atoms with van der Waals surface area (Å²) < 4.78 is 6.97. The van der Waals surface area contributed by atoms with Gasteiger partial charge in [-0.1, -0.05) is 58.3 Å². The third kappa shape index (κ3) is 9.96. The molecule has 12 heavy (non-hydrogen) atoms. The average Bonchev–Trinajstić information content (AvgIpc) is 2.16. The molecule has 1 N–H and O–H groups in total. The molecule has 0 atom stereocenters. The maximum atomic E-state index is 8.55. The van der Waals surface area contributed by atoms with Gasteiger partial charge in [-0.25, -0.2) is 0 Å². The van der Waals surface area contributed by atoms with Gasteiger partial charge in [-0.05, 0) is 6.42 Å². The minimum absolute atomic E-state index is 0.351. The van der Waals surface area contributed by atoms with Crippen molar-refractivity contribution in [1.29, 1.82) is 0 Å². The summed E-state index contributed by atoms with van der Waals surface area (Å²) in [6.07, 6.45) is 11.0. The fourth-order valence-corrected chi connectivity index (χ4v) is 1.35. The Kier molecular flexibility index (Phi) is 9.17. The lowest BCUT2D eigenvalue weighted by Gasteiger charge is -1.99.